The number of amides is 1. The lowest BCUT2D eigenvalue weighted by Gasteiger charge is -2.54. The standard InChI is InChI=1S/C55H79F3N2O12/c1-12-39(42(62)18-20-46(63)60-38-17-16-37(29-59)41(28-38)55(56,57)58)43-19-15-30(4)49(69-43)34(8)47(64)33(7)48(65)40(13-2)50-31(5)27-32(6)53(70-50)24-22-45(68-36(10)61)54(72-53)26-25-51(11,71-54)44-21-23-52(66,14-3)35(9)67-44/h16-17,22,24,28,30-35,39-40,43-45,47,49-50,64,66H,12-15,18-21,23,25-27H2,1-11H3,(H,60,63)/t30-,31?,32?,33-,34?,35?,39?,40-,43+,44+,45+,47?,49+,50-,51-,52+,53-,54-/m0/s1. The summed E-state index contributed by atoms with van der Waals surface area (Å²) in [5.74, 6) is -7.21. The molecule has 5 aliphatic heterocycles. The van der Waals surface area contributed by atoms with Crippen molar-refractivity contribution in [2.75, 3.05) is 5.32 Å². The molecule has 4 saturated heterocycles. The summed E-state index contributed by atoms with van der Waals surface area (Å²) < 4.78 is 80.7. The predicted molar refractivity (Wildman–Crippen MR) is 260 cm³/mol. The molecule has 0 aliphatic carbocycles. The maximum Gasteiger partial charge on any atom is 0.417 e. The Balaban J connectivity index is 1.12. The second kappa shape index (κ2) is 22.6. The van der Waals surface area contributed by atoms with Crippen LogP contribution in [-0.4, -0.2) is 99.2 Å². The normalized spacial score (nSPS) is 37.0. The molecule has 0 bridgehead atoms. The predicted octanol–water partition coefficient (Wildman–Crippen LogP) is 9.55. The van der Waals surface area contributed by atoms with Crippen LogP contribution in [0, 0.1) is 52.8 Å². The van der Waals surface area contributed by atoms with E-state index in [-0.39, 0.29) is 54.0 Å². The van der Waals surface area contributed by atoms with Gasteiger partial charge in [-0.2, -0.15) is 18.4 Å². The van der Waals surface area contributed by atoms with Gasteiger partial charge < -0.3 is 44.0 Å². The number of nitrogens with one attached hydrogen (secondary N) is 1. The molecule has 402 valence electrons. The van der Waals surface area contributed by atoms with Crippen LogP contribution in [0.4, 0.5) is 18.9 Å². The van der Waals surface area contributed by atoms with Crippen molar-refractivity contribution in [2.45, 2.75) is 225 Å². The number of Topliss-reactive ketones (excluding diaryl/α,β-unsaturated/α-hetero) is 2. The Morgan fingerprint density at radius 2 is 1.62 bits per heavy atom. The average molecular weight is 1020 g/mol. The summed E-state index contributed by atoms with van der Waals surface area (Å²) in [6.07, 6.45) is -0.847. The van der Waals surface area contributed by atoms with E-state index >= 15 is 0 Å². The molecule has 2 spiro atoms. The second-order valence-electron chi connectivity index (χ2n) is 22.0. The summed E-state index contributed by atoms with van der Waals surface area (Å²) in [5, 5.41) is 34.8. The van der Waals surface area contributed by atoms with Gasteiger partial charge >= 0.3 is 12.1 Å². The van der Waals surface area contributed by atoms with E-state index in [1.165, 1.54) is 19.1 Å². The third-order valence-electron chi connectivity index (χ3n) is 17.1. The largest absolute Gasteiger partial charge is 0.453 e. The van der Waals surface area contributed by atoms with Gasteiger partial charge in [-0.15, -0.1) is 0 Å². The van der Waals surface area contributed by atoms with Crippen LogP contribution < -0.4 is 5.32 Å². The van der Waals surface area contributed by atoms with Gasteiger partial charge in [0, 0.05) is 61.5 Å². The van der Waals surface area contributed by atoms with Crippen molar-refractivity contribution >= 4 is 29.1 Å². The van der Waals surface area contributed by atoms with Crippen molar-refractivity contribution < 1.29 is 71.0 Å². The summed E-state index contributed by atoms with van der Waals surface area (Å²) >= 11 is 0. The number of nitrogens with zero attached hydrogens (tertiary/aromatic N) is 1. The molecule has 1 aromatic carbocycles. The number of ether oxygens (including phenoxy) is 6. The number of aliphatic hydroxyl groups is 2. The second-order valence-corrected chi connectivity index (χ2v) is 22.0. The van der Waals surface area contributed by atoms with Crippen molar-refractivity contribution in [1.29, 1.82) is 5.26 Å². The molecular formula is C55H79F3N2O12. The first-order valence-corrected chi connectivity index (χ1v) is 26.3. The average Bonchev–Trinajstić information content (AvgIpc) is 3.68. The number of carbonyl (C=O) groups excluding carboxylic acids is 4. The van der Waals surface area contributed by atoms with Gasteiger partial charge in [0.05, 0.1) is 65.0 Å². The highest BCUT2D eigenvalue weighted by Gasteiger charge is 2.64. The van der Waals surface area contributed by atoms with Crippen molar-refractivity contribution in [1.82, 2.24) is 0 Å². The van der Waals surface area contributed by atoms with Crippen molar-refractivity contribution in [3.05, 3.63) is 41.5 Å². The fourth-order valence-electron chi connectivity index (χ4n) is 12.5. The maximum atomic E-state index is 14.8. The van der Waals surface area contributed by atoms with Gasteiger partial charge in [0.25, 0.3) is 0 Å². The van der Waals surface area contributed by atoms with E-state index < -0.39 is 112 Å². The number of ketones is 2. The summed E-state index contributed by atoms with van der Waals surface area (Å²) in [7, 11) is 0. The number of nitriles is 1. The fraction of sp³-hybridized carbons (Fsp3) is 0.764. The fourth-order valence-corrected chi connectivity index (χ4v) is 12.5. The van der Waals surface area contributed by atoms with Crippen LogP contribution in [0.2, 0.25) is 0 Å². The number of hydrogen-bond donors (Lipinski definition) is 3. The van der Waals surface area contributed by atoms with Crippen molar-refractivity contribution in [3.63, 3.8) is 0 Å². The summed E-state index contributed by atoms with van der Waals surface area (Å²) in [6, 6.07) is 4.40. The third kappa shape index (κ3) is 11.9. The van der Waals surface area contributed by atoms with Gasteiger partial charge in [-0.25, -0.2) is 0 Å². The molecule has 0 saturated carbocycles. The van der Waals surface area contributed by atoms with E-state index in [9.17, 15) is 42.6 Å². The third-order valence-corrected chi connectivity index (χ3v) is 17.1. The van der Waals surface area contributed by atoms with Gasteiger partial charge in [-0.3, -0.25) is 19.2 Å². The number of carbonyl (C=O) groups is 4. The molecule has 14 nitrogen and oxygen atoms in total. The molecule has 1 aromatic rings. The number of halogens is 3. The van der Waals surface area contributed by atoms with E-state index in [1.807, 2.05) is 55.4 Å². The number of esters is 1. The first kappa shape index (κ1) is 57.5. The van der Waals surface area contributed by atoms with E-state index in [2.05, 4.69) is 12.2 Å². The van der Waals surface area contributed by atoms with Crippen LogP contribution >= 0.6 is 0 Å². The summed E-state index contributed by atoms with van der Waals surface area (Å²) in [6.45, 7) is 20.6. The van der Waals surface area contributed by atoms with Crippen LogP contribution in [0.1, 0.15) is 164 Å². The number of hydrogen-bond acceptors (Lipinski definition) is 13. The van der Waals surface area contributed by atoms with Crippen LogP contribution in [0.25, 0.3) is 0 Å². The van der Waals surface area contributed by atoms with Crippen molar-refractivity contribution in [2.24, 2.45) is 41.4 Å². The lowest BCUT2D eigenvalue weighted by Crippen LogP contribution is -2.63. The highest BCUT2D eigenvalue weighted by molar-refractivity contribution is 5.94. The highest BCUT2D eigenvalue weighted by atomic mass is 19.4. The van der Waals surface area contributed by atoms with Gasteiger partial charge in [-0.1, -0.05) is 55.4 Å². The monoisotopic (exact) mass is 1020 g/mol. The lowest BCUT2D eigenvalue weighted by atomic mass is 9.72. The first-order valence-electron chi connectivity index (χ1n) is 26.3. The number of aliphatic hydroxyl groups excluding tert-OH is 1. The van der Waals surface area contributed by atoms with E-state index in [4.69, 9.17) is 33.7 Å². The zero-order valence-corrected chi connectivity index (χ0v) is 44.0. The summed E-state index contributed by atoms with van der Waals surface area (Å²) in [5.41, 5.74) is -3.67. The molecule has 72 heavy (non-hydrogen) atoms. The molecule has 6 unspecified atom stereocenters. The van der Waals surface area contributed by atoms with E-state index in [1.54, 1.807) is 19.1 Å². The SMILES string of the molecule is CCC(C(=O)CCC(=O)Nc1ccc(C#N)c(C(F)(F)F)c1)[C@H]1CC[C@H](C)[C@H](C(C)C(O)[C@H](C)C(=O)[C@H](CC)[C@H]2O[C@]3(C=C[C@@H](OC(C)=O)[C@]4(CC[C@@](C)([C@H]5CC[C@](O)(CC)C(C)O5)O4)O3)C(C)CC2C)O1. The minimum Gasteiger partial charge on any atom is -0.453 e. The Bertz CT molecular complexity index is 2200. The number of benzene rings is 1. The molecule has 3 N–H and O–H groups in total. The van der Waals surface area contributed by atoms with Crippen LogP contribution in [0.3, 0.4) is 0 Å². The topological polar surface area (TPSA) is 200 Å². The number of alkyl halides is 3. The van der Waals surface area contributed by atoms with Gasteiger partial charge in [0.1, 0.15) is 11.6 Å². The minimum atomic E-state index is -4.80. The molecular weight excluding hydrogens is 938 g/mol. The number of rotatable bonds is 17. The molecule has 6 rings (SSSR count). The lowest BCUT2D eigenvalue weighted by molar-refractivity contribution is -0.409. The van der Waals surface area contributed by atoms with E-state index in [0.717, 1.165) is 6.07 Å². The van der Waals surface area contributed by atoms with Gasteiger partial charge in [0.15, 0.2) is 11.9 Å². The molecule has 1 amide bonds. The van der Waals surface area contributed by atoms with Gasteiger partial charge in [0.2, 0.25) is 11.7 Å². The van der Waals surface area contributed by atoms with E-state index in [0.29, 0.717) is 70.3 Å². The van der Waals surface area contributed by atoms with Crippen LogP contribution in [0.15, 0.2) is 30.4 Å². The summed E-state index contributed by atoms with van der Waals surface area (Å²) in [4.78, 5) is 53.8. The zero-order valence-electron chi connectivity index (χ0n) is 44.0. The quantitative estimate of drug-likeness (QED) is 0.0985. The molecule has 17 heteroatoms. The van der Waals surface area contributed by atoms with Gasteiger partial charge in [-0.05, 0) is 114 Å². The highest BCUT2D eigenvalue weighted by Crippen LogP contribution is 2.55. The Labute approximate surface area is 423 Å². The zero-order chi connectivity index (χ0) is 53.3. The molecule has 0 aromatic heterocycles. The molecule has 5 aliphatic rings. The molecule has 5 heterocycles. The minimum absolute atomic E-state index is 0.0173. The molecule has 0 radical (unpaired) electrons. The Morgan fingerprint density at radius 1 is 0.931 bits per heavy atom. The van der Waals surface area contributed by atoms with Crippen LogP contribution in [0.5, 0.6) is 0 Å². The smallest absolute Gasteiger partial charge is 0.417 e. The van der Waals surface area contributed by atoms with Crippen LogP contribution in [-0.2, 0) is 53.8 Å². The maximum absolute atomic E-state index is 14.8. The molecule has 4 fully saturated rings. The first-order chi connectivity index (χ1) is 33.7. The Hall–Kier alpha value is -3.76. The number of anilines is 1. The Kier molecular flexibility index (Phi) is 18.1. The molecule has 18 atom stereocenters. The Morgan fingerprint density at radius 3 is 2.24 bits per heavy atom. The van der Waals surface area contributed by atoms with Crippen molar-refractivity contribution in [3.8, 4) is 6.07 Å².